The lowest BCUT2D eigenvalue weighted by atomic mass is 10.1. The van der Waals surface area contributed by atoms with Crippen molar-refractivity contribution < 1.29 is 4.42 Å². The van der Waals surface area contributed by atoms with E-state index in [1.807, 2.05) is 42.6 Å². The van der Waals surface area contributed by atoms with Crippen molar-refractivity contribution in [3.05, 3.63) is 56.7 Å². The van der Waals surface area contributed by atoms with Crippen LogP contribution < -0.4 is 11.5 Å². The zero-order valence-corrected chi connectivity index (χ0v) is 11.3. The number of fused-ring (bicyclic) bond motifs is 1. The number of hydrogen-bond donors (Lipinski definition) is 1. The van der Waals surface area contributed by atoms with Gasteiger partial charge in [0.15, 0.2) is 5.58 Å². The Kier molecular flexibility index (Phi) is 3.00. The molecule has 2 aromatic heterocycles. The second kappa shape index (κ2) is 4.68. The Morgan fingerprint density at radius 1 is 1.42 bits per heavy atom. The van der Waals surface area contributed by atoms with Crippen molar-refractivity contribution in [3.8, 4) is 0 Å². The van der Waals surface area contributed by atoms with E-state index in [9.17, 15) is 4.79 Å². The van der Waals surface area contributed by atoms with E-state index in [2.05, 4.69) is 0 Å². The van der Waals surface area contributed by atoms with E-state index in [1.54, 1.807) is 15.9 Å². The summed E-state index contributed by atoms with van der Waals surface area (Å²) in [6.45, 7) is 2.52. The summed E-state index contributed by atoms with van der Waals surface area (Å²) in [6.07, 6.45) is 0. The molecule has 1 unspecified atom stereocenters. The Bertz CT molecular complexity index is 755. The molecule has 0 aliphatic rings. The van der Waals surface area contributed by atoms with E-state index in [0.29, 0.717) is 12.1 Å². The summed E-state index contributed by atoms with van der Waals surface area (Å²) in [5, 5.41) is 2.00. The Hall–Kier alpha value is -1.85. The van der Waals surface area contributed by atoms with Gasteiger partial charge in [-0.05, 0) is 36.1 Å². The van der Waals surface area contributed by atoms with Gasteiger partial charge >= 0.3 is 5.76 Å². The molecule has 0 fully saturated rings. The molecular weight excluding hydrogens is 260 g/mol. The quantitative estimate of drug-likeness (QED) is 0.798. The molecule has 0 amide bonds. The molecule has 1 atom stereocenters. The molecule has 0 saturated heterocycles. The largest absolute Gasteiger partial charge is 0.419 e. The van der Waals surface area contributed by atoms with Gasteiger partial charge in [-0.2, -0.15) is 0 Å². The molecule has 1 aromatic carbocycles. The fourth-order valence-electron chi connectivity index (χ4n) is 2.21. The summed E-state index contributed by atoms with van der Waals surface area (Å²) in [4.78, 5) is 12.7. The highest BCUT2D eigenvalue weighted by Gasteiger charge is 2.13. The fraction of sp³-hybridized carbons (Fsp3) is 0.214. The standard InChI is InChI=1S/C14H14N2O2S/c1-2-16-10-6-5-9(8-11(10)18-14(16)17)13(15)12-4-3-7-19-12/h3-8,13H,2,15H2,1H3. The SMILES string of the molecule is CCn1c(=O)oc2cc(C(N)c3cccs3)ccc21. The minimum Gasteiger partial charge on any atom is -0.408 e. The predicted molar refractivity (Wildman–Crippen MR) is 76.5 cm³/mol. The monoisotopic (exact) mass is 274 g/mol. The van der Waals surface area contributed by atoms with Gasteiger partial charge in [-0.15, -0.1) is 11.3 Å². The number of aryl methyl sites for hydroxylation is 1. The minimum absolute atomic E-state index is 0.181. The zero-order chi connectivity index (χ0) is 13.4. The molecule has 3 aromatic rings. The molecule has 4 nitrogen and oxygen atoms in total. The maximum atomic E-state index is 11.6. The third-order valence-corrected chi connectivity index (χ3v) is 4.17. The number of nitrogens with zero attached hydrogens (tertiary/aromatic N) is 1. The van der Waals surface area contributed by atoms with Crippen LogP contribution in [0.4, 0.5) is 0 Å². The predicted octanol–water partition coefficient (Wildman–Crippen LogP) is 2.72. The van der Waals surface area contributed by atoms with Gasteiger partial charge in [-0.1, -0.05) is 12.1 Å². The van der Waals surface area contributed by atoms with Crippen molar-refractivity contribution in [2.24, 2.45) is 5.73 Å². The Morgan fingerprint density at radius 3 is 2.95 bits per heavy atom. The fourth-order valence-corrected chi connectivity index (χ4v) is 2.96. The summed E-state index contributed by atoms with van der Waals surface area (Å²) in [5.41, 5.74) is 8.57. The average Bonchev–Trinajstić information content (AvgIpc) is 3.03. The Balaban J connectivity index is 2.10. The molecule has 2 heterocycles. The van der Waals surface area contributed by atoms with Gasteiger partial charge in [0, 0.05) is 11.4 Å². The highest BCUT2D eigenvalue weighted by atomic mass is 32.1. The molecule has 3 rings (SSSR count). The van der Waals surface area contributed by atoms with Gasteiger partial charge in [0.1, 0.15) is 0 Å². The van der Waals surface area contributed by atoms with E-state index in [-0.39, 0.29) is 11.8 Å². The molecule has 0 aliphatic carbocycles. The number of benzene rings is 1. The van der Waals surface area contributed by atoms with Crippen molar-refractivity contribution in [2.75, 3.05) is 0 Å². The molecule has 0 bridgehead atoms. The second-order valence-electron chi connectivity index (χ2n) is 4.33. The van der Waals surface area contributed by atoms with Crippen LogP contribution >= 0.6 is 11.3 Å². The van der Waals surface area contributed by atoms with Crippen molar-refractivity contribution in [2.45, 2.75) is 19.5 Å². The molecule has 5 heteroatoms. The van der Waals surface area contributed by atoms with Crippen LogP contribution in [-0.4, -0.2) is 4.57 Å². The molecule has 0 spiro atoms. The summed E-state index contributed by atoms with van der Waals surface area (Å²) in [5.74, 6) is -0.320. The molecule has 98 valence electrons. The summed E-state index contributed by atoms with van der Waals surface area (Å²) in [6, 6.07) is 9.51. The van der Waals surface area contributed by atoms with E-state index in [0.717, 1.165) is 16.0 Å². The molecular formula is C14H14N2O2S. The number of hydrogen-bond acceptors (Lipinski definition) is 4. The molecule has 0 saturated carbocycles. The maximum Gasteiger partial charge on any atom is 0.419 e. The lowest BCUT2D eigenvalue weighted by Crippen LogP contribution is -2.12. The summed E-state index contributed by atoms with van der Waals surface area (Å²) in [7, 11) is 0. The maximum absolute atomic E-state index is 11.6. The van der Waals surface area contributed by atoms with Crippen LogP contribution in [0.15, 0.2) is 44.9 Å². The summed E-state index contributed by atoms with van der Waals surface area (Å²) < 4.78 is 6.86. The average molecular weight is 274 g/mol. The topological polar surface area (TPSA) is 61.2 Å². The second-order valence-corrected chi connectivity index (χ2v) is 5.31. The Morgan fingerprint density at radius 2 is 2.26 bits per heavy atom. The smallest absolute Gasteiger partial charge is 0.408 e. The van der Waals surface area contributed by atoms with Crippen molar-refractivity contribution in [3.63, 3.8) is 0 Å². The van der Waals surface area contributed by atoms with E-state index < -0.39 is 0 Å². The highest BCUT2D eigenvalue weighted by molar-refractivity contribution is 7.10. The van der Waals surface area contributed by atoms with E-state index >= 15 is 0 Å². The highest BCUT2D eigenvalue weighted by Crippen LogP contribution is 2.26. The van der Waals surface area contributed by atoms with Gasteiger partial charge in [0.2, 0.25) is 0 Å². The number of nitrogens with two attached hydrogens (primary N) is 1. The first-order valence-electron chi connectivity index (χ1n) is 6.13. The third kappa shape index (κ3) is 2.01. The number of aromatic nitrogens is 1. The van der Waals surface area contributed by atoms with Crippen molar-refractivity contribution >= 4 is 22.4 Å². The van der Waals surface area contributed by atoms with E-state index in [1.165, 1.54) is 0 Å². The lowest BCUT2D eigenvalue weighted by molar-refractivity contribution is 0.513. The summed E-state index contributed by atoms with van der Waals surface area (Å²) >= 11 is 1.62. The first-order valence-corrected chi connectivity index (χ1v) is 7.01. The van der Waals surface area contributed by atoms with Gasteiger partial charge < -0.3 is 10.2 Å². The zero-order valence-electron chi connectivity index (χ0n) is 10.5. The third-order valence-electron chi connectivity index (χ3n) is 3.22. The minimum atomic E-state index is -0.320. The van der Waals surface area contributed by atoms with Crippen LogP contribution in [0.1, 0.15) is 23.4 Å². The van der Waals surface area contributed by atoms with Crippen LogP contribution in [0.3, 0.4) is 0 Å². The number of rotatable bonds is 3. The van der Waals surface area contributed by atoms with Gasteiger partial charge in [0.25, 0.3) is 0 Å². The van der Waals surface area contributed by atoms with Crippen LogP contribution in [0.2, 0.25) is 0 Å². The number of oxazole rings is 1. The van der Waals surface area contributed by atoms with Crippen molar-refractivity contribution in [1.29, 1.82) is 0 Å². The van der Waals surface area contributed by atoms with E-state index in [4.69, 9.17) is 10.2 Å². The van der Waals surface area contributed by atoms with Gasteiger partial charge in [0.05, 0.1) is 11.6 Å². The van der Waals surface area contributed by atoms with Crippen LogP contribution in [0.25, 0.3) is 11.1 Å². The molecule has 0 aliphatic heterocycles. The van der Waals surface area contributed by atoms with Gasteiger partial charge in [-0.3, -0.25) is 4.57 Å². The van der Waals surface area contributed by atoms with Crippen LogP contribution in [0, 0.1) is 0 Å². The molecule has 0 radical (unpaired) electrons. The number of thiophene rings is 1. The first kappa shape index (κ1) is 12.2. The lowest BCUT2D eigenvalue weighted by Gasteiger charge is -2.09. The molecule has 2 N–H and O–H groups in total. The van der Waals surface area contributed by atoms with Crippen LogP contribution in [0.5, 0.6) is 0 Å². The van der Waals surface area contributed by atoms with Crippen LogP contribution in [-0.2, 0) is 6.54 Å². The van der Waals surface area contributed by atoms with Gasteiger partial charge in [-0.25, -0.2) is 4.79 Å². The first-order chi connectivity index (χ1) is 9.20. The Labute approximate surface area is 114 Å². The normalized spacial score (nSPS) is 12.9. The van der Waals surface area contributed by atoms with Crippen molar-refractivity contribution in [1.82, 2.24) is 4.57 Å². The molecule has 19 heavy (non-hydrogen) atoms.